The molecule has 0 saturated heterocycles. The van der Waals surface area contributed by atoms with Gasteiger partial charge in [-0.15, -0.1) is 0 Å². The number of nitrogens with two attached hydrogens (primary N) is 2. The summed E-state index contributed by atoms with van der Waals surface area (Å²) in [4.78, 5) is 17.6. The first-order valence-corrected chi connectivity index (χ1v) is 4.83. The summed E-state index contributed by atoms with van der Waals surface area (Å²) in [5, 5.41) is 31.9. The van der Waals surface area contributed by atoms with Crippen LogP contribution in [0.1, 0.15) is 26.7 Å². The summed E-state index contributed by atoms with van der Waals surface area (Å²) >= 11 is 0. The minimum absolute atomic E-state index is 0.0807. The Bertz CT molecular complexity index is 186. The largest absolute Gasteiger partial charge is 0.465 e. The molecule has 0 unspecified atom stereocenters. The van der Waals surface area contributed by atoms with Gasteiger partial charge in [0.1, 0.15) is 0 Å². The second-order valence-corrected chi connectivity index (χ2v) is 3.55. The number of aliphatic hydroxyl groups is 2. The summed E-state index contributed by atoms with van der Waals surface area (Å²) in [6, 6.07) is 0. The maximum absolute atomic E-state index is 8.78. The van der Waals surface area contributed by atoms with Crippen LogP contribution in [0.5, 0.6) is 0 Å². The highest BCUT2D eigenvalue weighted by atomic mass is 16.4. The van der Waals surface area contributed by atoms with Crippen LogP contribution in [0.15, 0.2) is 0 Å². The van der Waals surface area contributed by atoms with E-state index in [9.17, 15) is 0 Å². The smallest absolute Gasteiger partial charge is 0.402 e. The third-order valence-electron chi connectivity index (χ3n) is 1.62. The molecule has 17 heavy (non-hydrogen) atoms. The van der Waals surface area contributed by atoms with Crippen LogP contribution < -0.4 is 11.5 Å². The number of hydrogen-bond donors (Lipinski definition) is 6. The van der Waals surface area contributed by atoms with Gasteiger partial charge in [-0.3, -0.25) is 0 Å². The van der Waals surface area contributed by atoms with Crippen LogP contribution in [0, 0.1) is 5.41 Å². The lowest BCUT2D eigenvalue weighted by atomic mass is 9.88. The van der Waals surface area contributed by atoms with Crippen molar-refractivity contribution in [2.45, 2.75) is 26.7 Å². The van der Waals surface area contributed by atoms with E-state index in [2.05, 4.69) is 11.5 Å². The molecule has 0 saturated carbocycles. The summed E-state index contributed by atoms with van der Waals surface area (Å²) in [5.74, 6) is 0. The van der Waals surface area contributed by atoms with Gasteiger partial charge in [-0.2, -0.15) is 0 Å². The Labute approximate surface area is 99.9 Å². The van der Waals surface area contributed by atoms with Crippen LogP contribution >= 0.6 is 0 Å². The van der Waals surface area contributed by atoms with Crippen LogP contribution in [0.4, 0.5) is 9.59 Å². The van der Waals surface area contributed by atoms with Gasteiger partial charge in [-0.1, -0.05) is 20.3 Å². The average molecular weight is 254 g/mol. The van der Waals surface area contributed by atoms with E-state index in [1.807, 2.05) is 13.8 Å². The van der Waals surface area contributed by atoms with Gasteiger partial charge in [0.15, 0.2) is 0 Å². The zero-order valence-corrected chi connectivity index (χ0v) is 10.1. The van der Waals surface area contributed by atoms with E-state index < -0.39 is 12.2 Å². The van der Waals surface area contributed by atoms with Crippen molar-refractivity contribution in [3.8, 4) is 0 Å². The first-order valence-electron chi connectivity index (χ1n) is 4.83. The van der Waals surface area contributed by atoms with E-state index in [0.717, 1.165) is 12.8 Å². The Kier molecular flexibility index (Phi) is 15.3. The Balaban J connectivity index is -0.000000205. The van der Waals surface area contributed by atoms with E-state index in [4.69, 9.17) is 30.0 Å². The number of carbonyl (C=O) groups is 2. The van der Waals surface area contributed by atoms with Gasteiger partial charge < -0.3 is 31.9 Å². The maximum atomic E-state index is 8.78. The number of carboxylic acid groups (broad SMARTS) is 2. The molecule has 0 bridgehead atoms. The molecule has 0 aliphatic heterocycles. The van der Waals surface area contributed by atoms with E-state index in [1.165, 1.54) is 0 Å². The fraction of sp³-hybridized carbons (Fsp3) is 0.778. The lowest BCUT2D eigenvalue weighted by Crippen LogP contribution is -2.25. The molecule has 0 fully saturated rings. The molecule has 0 radical (unpaired) electrons. The van der Waals surface area contributed by atoms with Crippen molar-refractivity contribution >= 4 is 12.2 Å². The SMILES string of the molecule is CCCC(C)(CO)CO.NC(=O)O.NC(=O)O. The second-order valence-electron chi connectivity index (χ2n) is 3.55. The maximum Gasteiger partial charge on any atom is 0.402 e. The van der Waals surface area contributed by atoms with Gasteiger partial charge >= 0.3 is 12.2 Å². The minimum Gasteiger partial charge on any atom is -0.465 e. The molecule has 0 aromatic rings. The molecule has 0 aliphatic rings. The molecule has 0 heterocycles. The summed E-state index contributed by atoms with van der Waals surface area (Å²) in [6.07, 6.45) is -0.766. The van der Waals surface area contributed by atoms with Crippen molar-refractivity contribution < 1.29 is 30.0 Å². The third kappa shape index (κ3) is 31.4. The summed E-state index contributed by atoms with van der Waals surface area (Å²) in [7, 11) is 0. The highest BCUT2D eigenvalue weighted by Gasteiger charge is 2.20. The molecule has 0 atom stereocenters. The predicted octanol–water partition coefficient (Wildman–Crippen LogP) is 0.0236. The molecule has 0 aromatic heterocycles. The van der Waals surface area contributed by atoms with Crippen molar-refractivity contribution in [1.29, 1.82) is 0 Å². The first-order chi connectivity index (χ1) is 7.65. The first kappa shape index (κ1) is 20.8. The molecule has 0 aromatic carbocycles. The normalized spacial score (nSPS) is 9.18. The van der Waals surface area contributed by atoms with Gasteiger partial charge in [0.05, 0.1) is 13.2 Å². The minimum atomic E-state index is -1.33. The molecule has 0 spiro atoms. The topological polar surface area (TPSA) is 167 Å². The summed E-state index contributed by atoms with van der Waals surface area (Å²) in [5.41, 5.74) is 7.80. The van der Waals surface area contributed by atoms with E-state index in [-0.39, 0.29) is 18.6 Å². The fourth-order valence-electron chi connectivity index (χ4n) is 0.812. The lowest BCUT2D eigenvalue weighted by Gasteiger charge is -2.23. The predicted molar refractivity (Wildman–Crippen MR) is 61.6 cm³/mol. The van der Waals surface area contributed by atoms with E-state index >= 15 is 0 Å². The standard InChI is InChI=1S/C7H16O2.2CH3NO2/c1-3-4-7(2,5-8)6-9;2*2-1(3)4/h8-9H,3-6H2,1-2H3;2*2H2,(H,3,4). The zero-order valence-electron chi connectivity index (χ0n) is 10.1. The molecular formula is C9H22N2O6. The molecule has 0 rings (SSSR count). The molecule has 2 amide bonds. The van der Waals surface area contributed by atoms with Crippen molar-refractivity contribution in [2.75, 3.05) is 13.2 Å². The average Bonchev–Trinajstić information content (AvgIpc) is 2.16. The van der Waals surface area contributed by atoms with E-state index in [0.29, 0.717) is 0 Å². The Morgan fingerprint density at radius 3 is 1.35 bits per heavy atom. The summed E-state index contributed by atoms with van der Waals surface area (Å²) < 4.78 is 0. The molecule has 0 aliphatic carbocycles. The number of aliphatic hydroxyl groups excluding tert-OH is 2. The molecule has 8 nitrogen and oxygen atoms in total. The van der Waals surface area contributed by atoms with Gasteiger partial charge in [-0.25, -0.2) is 9.59 Å². The quantitative estimate of drug-likeness (QED) is 0.413. The molecular weight excluding hydrogens is 232 g/mol. The Hall–Kier alpha value is -1.54. The number of rotatable bonds is 4. The van der Waals surface area contributed by atoms with Crippen molar-refractivity contribution in [3.05, 3.63) is 0 Å². The van der Waals surface area contributed by atoms with E-state index in [1.54, 1.807) is 0 Å². The molecule has 8 N–H and O–H groups in total. The highest BCUT2D eigenvalue weighted by molar-refractivity contribution is 5.61. The highest BCUT2D eigenvalue weighted by Crippen LogP contribution is 2.20. The monoisotopic (exact) mass is 254 g/mol. The lowest BCUT2D eigenvalue weighted by molar-refractivity contribution is 0.0622. The Morgan fingerprint density at radius 2 is 1.29 bits per heavy atom. The third-order valence-corrected chi connectivity index (χ3v) is 1.62. The van der Waals surface area contributed by atoms with Gasteiger partial charge in [0, 0.05) is 5.41 Å². The van der Waals surface area contributed by atoms with Crippen LogP contribution in [0.25, 0.3) is 0 Å². The van der Waals surface area contributed by atoms with Crippen LogP contribution in [0.2, 0.25) is 0 Å². The fourth-order valence-corrected chi connectivity index (χ4v) is 0.812. The van der Waals surface area contributed by atoms with Crippen LogP contribution in [-0.4, -0.2) is 45.8 Å². The number of amides is 2. The van der Waals surface area contributed by atoms with Crippen LogP contribution in [-0.2, 0) is 0 Å². The Morgan fingerprint density at radius 1 is 1.06 bits per heavy atom. The number of primary amides is 2. The van der Waals surface area contributed by atoms with Gasteiger partial charge in [0.2, 0.25) is 0 Å². The van der Waals surface area contributed by atoms with Crippen molar-refractivity contribution in [1.82, 2.24) is 0 Å². The van der Waals surface area contributed by atoms with Gasteiger partial charge in [-0.05, 0) is 6.42 Å². The summed E-state index contributed by atoms with van der Waals surface area (Å²) in [6.45, 7) is 4.09. The second kappa shape index (κ2) is 12.5. The molecule has 104 valence electrons. The van der Waals surface area contributed by atoms with Crippen LogP contribution in [0.3, 0.4) is 0 Å². The van der Waals surface area contributed by atoms with Crippen molar-refractivity contribution in [3.63, 3.8) is 0 Å². The number of hydrogen-bond acceptors (Lipinski definition) is 4. The zero-order chi connectivity index (χ0) is 14.5. The van der Waals surface area contributed by atoms with Crippen molar-refractivity contribution in [2.24, 2.45) is 16.9 Å². The van der Waals surface area contributed by atoms with Gasteiger partial charge in [0.25, 0.3) is 0 Å². The molecule has 8 heteroatoms.